The molecular formula is C12H20N2O2. The van der Waals surface area contributed by atoms with Crippen LogP contribution in [0.3, 0.4) is 0 Å². The summed E-state index contributed by atoms with van der Waals surface area (Å²) in [5, 5.41) is 0. The van der Waals surface area contributed by atoms with Crippen molar-refractivity contribution >= 4 is 11.8 Å². The van der Waals surface area contributed by atoms with E-state index in [0.29, 0.717) is 6.54 Å². The minimum Gasteiger partial charge on any atom is -0.328 e. The summed E-state index contributed by atoms with van der Waals surface area (Å²) in [4.78, 5) is 25.4. The molecule has 4 heteroatoms. The van der Waals surface area contributed by atoms with Gasteiger partial charge in [0.2, 0.25) is 11.8 Å². The third-order valence-electron chi connectivity index (χ3n) is 3.72. The molecule has 2 rings (SSSR count). The summed E-state index contributed by atoms with van der Waals surface area (Å²) >= 11 is 0. The summed E-state index contributed by atoms with van der Waals surface area (Å²) < 4.78 is 0. The molecule has 90 valence electrons. The first kappa shape index (κ1) is 11.6. The minimum atomic E-state index is 0.00259. The van der Waals surface area contributed by atoms with Crippen LogP contribution in [0.15, 0.2) is 0 Å². The first-order chi connectivity index (χ1) is 7.61. The van der Waals surface area contributed by atoms with E-state index in [0.717, 1.165) is 32.1 Å². The Bertz CT molecular complexity index is 279. The number of carbonyl (C=O) groups excluding carboxylic acids is 2. The highest BCUT2D eigenvalue weighted by atomic mass is 16.2. The summed E-state index contributed by atoms with van der Waals surface area (Å²) in [6.45, 7) is 2.51. The van der Waals surface area contributed by atoms with E-state index in [1.54, 1.807) is 0 Å². The monoisotopic (exact) mass is 224 g/mol. The molecule has 1 aliphatic heterocycles. The van der Waals surface area contributed by atoms with Crippen molar-refractivity contribution in [1.82, 2.24) is 4.90 Å². The van der Waals surface area contributed by atoms with Crippen LogP contribution in [0.5, 0.6) is 0 Å². The van der Waals surface area contributed by atoms with E-state index >= 15 is 0 Å². The van der Waals surface area contributed by atoms with E-state index < -0.39 is 0 Å². The molecule has 1 saturated heterocycles. The van der Waals surface area contributed by atoms with Gasteiger partial charge in [0.05, 0.1) is 11.8 Å². The Morgan fingerprint density at radius 1 is 1.31 bits per heavy atom. The van der Waals surface area contributed by atoms with Crippen LogP contribution in [0.1, 0.15) is 39.0 Å². The number of hydrogen-bond donors (Lipinski definition) is 1. The first-order valence-corrected chi connectivity index (χ1v) is 6.22. The second kappa shape index (κ2) is 4.53. The molecule has 2 fully saturated rings. The van der Waals surface area contributed by atoms with Crippen LogP contribution >= 0.6 is 0 Å². The largest absolute Gasteiger partial charge is 0.328 e. The lowest BCUT2D eigenvalue weighted by molar-refractivity contribution is -0.140. The Balaban J connectivity index is 1.91. The lowest BCUT2D eigenvalue weighted by Crippen LogP contribution is -2.33. The lowest BCUT2D eigenvalue weighted by Gasteiger charge is -2.16. The van der Waals surface area contributed by atoms with Crippen molar-refractivity contribution in [2.24, 2.45) is 17.6 Å². The molecule has 3 atom stereocenters. The fourth-order valence-electron chi connectivity index (χ4n) is 2.85. The van der Waals surface area contributed by atoms with Gasteiger partial charge in [-0.15, -0.1) is 0 Å². The van der Waals surface area contributed by atoms with Gasteiger partial charge in [-0.25, -0.2) is 0 Å². The van der Waals surface area contributed by atoms with E-state index in [1.165, 1.54) is 4.90 Å². The summed E-state index contributed by atoms with van der Waals surface area (Å²) in [5.41, 5.74) is 5.65. The molecule has 16 heavy (non-hydrogen) atoms. The van der Waals surface area contributed by atoms with Crippen molar-refractivity contribution in [3.8, 4) is 0 Å². The Morgan fingerprint density at radius 2 is 1.88 bits per heavy atom. The molecule has 1 aliphatic carbocycles. The SMILES string of the molecule is CC(N)CCCN1C(=O)C2CCCC2C1=O. The van der Waals surface area contributed by atoms with Crippen LogP contribution in [-0.4, -0.2) is 29.3 Å². The molecule has 2 aliphatic rings. The topological polar surface area (TPSA) is 63.4 Å². The molecule has 0 spiro atoms. The van der Waals surface area contributed by atoms with Crippen LogP contribution in [0.2, 0.25) is 0 Å². The molecule has 1 heterocycles. The zero-order valence-corrected chi connectivity index (χ0v) is 9.82. The molecule has 0 bridgehead atoms. The maximum atomic E-state index is 11.9. The van der Waals surface area contributed by atoms with Crippen LogP contribution in [0, 0.1) is 11.8 Å². The van der Waals surface area contributed by atoms with Crippen molar-refractivity contribution in [3.05, 3.63) is 0 Å². The summed E-state index contributed by atoms with van der Waals surface area (Å²) in [6.07, 6.45) is 4.53. The molecule has 4 nitrogen and oxygen atoms in total. The molecule has 0 aromatic rings. The average Bonchev–Trinajstić information content (AvgIpc) is 2.77. The smallest absolute Gasteiger partial charge is 0.233 e. The van der Waals surface area contributed by atoms with Gasteiger partial charge in [0.1, 0.15) is 0 Å². The van der Waals surface area contributed by atoms with E-state index in [1.807, 2.05) is 6.92 Å². The van der Waals surface area contributed by atoms with Crippen molar-refractivity contribution in [2.45, 2.75) is 45.1 Å². The third kappa shape index (κ3) is 1.98. The molecule has 3 unspecified atom stereocenters. The van der Waals surface area contributed by atoms with Crippen LogP contribution < -0.4 is 5.73 Å². The van der Waals surface area contributed by atoms with Gasteiger partial charge in [0.15, 0.2) is 0 Å². The number of nitrogens with zero attached hydrogens (tertiary/aromatic N) is 1. The van der Waals surface area contributed by atoms with Gasteiger partial charge in [0, 0.05) is 12.6 Å². The maximum absolute atomic E-state index is 11.9. The maximum Gasteiger partial charge on any atom is 0.233 e. The lowest BCUT2D eigenvalue weighted by atomic mass is 10.00. The van der Waals surface area contributed by atoms with Gasteiger partial charge in [-0.05, 0) is 32.6 Å². The number of nitrogens with two attached hydrogens (primary N) is 1. The number of amides is 2. The van der Waals surface area contributed by atoms with E-state index in [2.05, 4.69) is 0 Å². The summed E-state index contributed by atoms with van der Waals surface area (Å²) in [6, 6.07) is 0.146. The van der Waals surface area contributed by atoms with Gasteiger partial charge >= 0.3 is 0 Å². The highest BCUT2D eigenvalue weighted by molar-refractivity contribution is 6.05. The van der Waals surface area contributed by atoms with Gasteiger partial charge < -0.3 is 5.73 Å². The van der Waals surface area contributed by atoms with E-state index in [-0.39, 0.29) is 29.7 Å². The highest BCUT2D eigenvalue weighted by Crippen LogP contribution is 2.39. The predicted octanol–water partition coefficient (Wildman–Crippen LogP) is 0.899. The number of likely N-dealkylation sites (tertiary alicyclic amines) is 1. The van der Waals surface area contributed by atoms with Crippen LogP contribution in [-0.2, 0) is 9.59 Å². The van der Waals surface area contributed by atoms with Gasteiger partial charge in [-0.1, -0.05) is 6.42 Å². The second-order valence-corrected chi connectivity index (χ2v) is 5.09. The molecule has 0 radical (unpaired) electrons. The zero-order chi connectivity index (χ0) is 11.7. The van der Waals surface area contributed by atoms with Crippen molar-refractivity contribution in [2.75, 3.05) is 6.54 Å². The Kier molecular flexibility index (Phi) is 3.28. The normalized spacial score (nSPS) is 31.0. The zero-order valence-electron chi connectivity index (χ0n) is 9.82. The third-order valence-corrected chi connectivity index (χ3v) is 3.72. The number of carbonyl (C=O) groups is 2. The standard InChI is InChI=1S/C12H20N2O2/c1-8(13)4-3-7-14-11(15)9-5-2-6-10(9)12(14)16/h8-10H,2-7,13H2,1H3. The fraction of sp³-hybridized carbons (Fsp3) is 0.833. The molecule has 2 N–H and O–H groups in total. The van der Waals surface area contributed by atoms with Crippen molar-refractivity contribution < 1.29 is 9.59 Å². The van der Waals surface area contributed by atoms with Crippen molar-refractivity contribution in [3.63, 3.8) is 0 Å². The molecule has 0 aromatic heterocycles. The van der Waals surface area contributed by atoms with Crippen molar-refractivity contribution in [1.29, 1.82) is 0 Å². The number of hydrogen-bond acceptors (Lipinski definition) is 3. The second-order valence-electron chi connectivity index (χ2n) is 5.09. The van der Waals surface area contributed by atoms with Crippen LogP contribution in [0.4, 0.5) is 0 Å². The van der Waals surface area contributed by atoms with Crippen LogP contribution in [0.25, 0.3) is 0 Å². The van der Waals surface area contributed by atoms with E-state index in [9.17, 15) is 9.59 Å². The number of fused-ring (bicyclic) bond motifs is 1. The van der Waals surface area contributed by atoms with Gasteiger partial charge in [-0.3, -0.25) is 14.5 Å². The molecule has 0 aromatic carbocycles. The highest BCUT2D eigenvalue weighted by Gasteiger charge is 2.49. The quantitative estimate of drug-likeness (QED) is 0.722. The van der Waals surface area contributed by atoms with Gasteiger partial charge in [0.25, 0.3) is 0 Å². The molecular weight excluding hydrogens is 204 g/mol. The summed E-state index contributed by atoms with van der Waals surface area (Å²) in [5.74, 6) is 0.139. The van der Waals surface area contributed by atoms with E-state index in [4.69, 9.17) is 5.73 Å². The first-order valence-electron chi connectivity index (χ1n) is 6.22. The number of rotatable bonds is 4. The predicted molar refractivity (Wildman–Crippen MR) is 60.4 cm³/mol. The molecule has 1 saturated carbocycles. The Morgan fingerprint density at radius 3 is 2.38 bits per heavy atom. The number of imide groups is 1. The Labute approximate surface area is 96.2 Å². The fourth-order valence-corrected chi connectivity index (χ4v) is 2.85. The molecule has 2 amide bonds. The Hall–Kier alpha value is -0.900. The van der Waals surface area contributed by atoms with Gasteiger partial charge in [-0.2, -0.15) is 0 Å². The minimum absolute atomic E-state index is 0.00259. The summed E-state index contributed by atoms with van der Waals surface area (Å²) in [7, 11) is 0. The average molecular weight is 224 g/mol.